The van der Waals surface area contributed by atoms with Gasteiger partial charge in [-0.25, -0.2) is 4.39 Å². The molecule has 0 aliphatic carbocycles. The van der Waals surface area contributed by atoms with Gasteiger partial charge in [-0.1, -0.05) is 0 Å². The van der Waals surface area contributed by atoms with Crippen molar-refractivity contribution >= 4 is 5.97 Å². The quantitative estimate of drug-likeness (QED) is 0.732. The van der Waals surface area contributed by atoms with Crippen LogP contribution < -0.4 is 0 Å². The monoisotopic (exact) mass is 199 g/mol. The highest BCUT2D eigenvalue weighted by atomic mass is 19.1. The molecule has 0 amide bonds. The molecule has 0 spiro atoms. The first kappa shape index (κ1) is 10.6. The molecule has 1 rings (SSSR count). The molecule has 0 fully saturated rings. The Morgan fingerprint density at radius 2 is 2.43 bits per heavy atom. The lowest BCUT2D eigenvalue weighted by molar-refractivity contribution is -0.142. The minimum atomic E-state index is -1.05. The summed E-state index contributed by atoms with van der Waals surface area (Å²) < 4.78 is 16.8. The van der Waals surface area contributed by atoms with Crippen LogP contribution in [-0.2, 0) is 9.53 Å². The highest BCUT2D eigenvalue weighted by Gasteiger charge is 2.14. The van der Waals surface area contributed by atoms with Gasteiger partial charge in [0, 0.05) is 0 Å². The van der Waals surface area contributed by atoms with E-state index in [4.69, 9.17) is 0 Å². The van der Waals surface area contributed by atoms with Gasteiger partial charge in [-0.3, -0.25) is 9.78 Å². The van der Waals surface area contributed by atoms with Crippen molar-refractivity contribution in [3.8, 4) is 0 Å². The lowest BCUT2D eigenvalue weighted by Crippen LogP contribution is -2.09. The third kappa shape index (κ3) is 2.77. The van der Waals surface area contributed by atoms with Crippen molar-refractivity contribution in [1.29, 1.82) is 0 Å². The van der Waals surface area contributed by atoms with Crippen LogP contribution in [0.2, 0.25) is 0 Å². The minimum Gasteiger partial charge on any atom is -0.469 e. The van der Waals surface area contributed by atoms with Crippen molar-refractivity contribution in [2.24, 2.45) is 0 Å². The van der Waals surface area contributed by atoms with Gasteiger partial charge >= 0.3 is 5.97 Å². The molecule has 0 saturated carbocycles. The van der Waals surface area contributed by atoms with Crippen molar-refractivity contribution < 1.29 is 19.0 Å². The van der Waals surface area contributed by atoms with Crippen molar-refractivity contribution in [1.82, 2.24) is 4.98 Å². The average molecular weight is 199 g/mol. The molecule has 1 heterocycles. The minimum absolute atomic E-state index is 0.185. The number of pyridine rings is 1. The third-order valence-corrected chi connectivity index (χ3v) is 1.68. The molecule has 0 aliphatic rings. The number of aromatic nitrogens is 1. The number of carbonyl (C=O) groups is 1. The summed E-state index contributed by atoms with van der Waals surface area (Å²) in [5.41, 5.74) is 0.247. The summed E-state index contributed by atoms with van der Waals surface area (Å²) >= 11 is 0. The zero-order valence-corrected chi connectivity index (χ0v) is 7.61. The number of hydrogen-bond acceptors (Lipinski definition) is 4. The summed E-state index contributed by atoms with van der Waals surface area (Å²) in [7, 11) is 1.23. The summed E-state index contributed by atoms with van der Waals surface area (Å²) in [4.78, 5) is 14.4. The molecule has 0 aromatic carbocycles. The highest BCUT2D eigenvalue weighted by Crippen LogP contribution is 2.14. The second kappa shape index (κ2) is 4.66. The molecule has 1 aromatic rings. The first-order valence-corrected chi connectivity index (χ1v) is 4.00. The Kier molecular flexibility index (Phi) is 3.53. The summed E-state index contributed by atoms with van der Waals surface area (Å²) in [5.74, 6) is -1.03. The normalized spacial score (nSPS) is 12.2. The molecule has 4 nitrogen and oxygen atoms in total. The van der Waals surface area contributed by atoms with E-state index >= 15 is 0 Å². The second-order valence-electron chi connectivity index (χ2n) is 2.70. The summed E-state index contributed by atoms with van der Waals surface area (Å²) in [6, 6.07) is 2.49. The maximum atomic E-state index is 12.4. The van der Waals surface area contributed by atoms with E-state index < -0.39 is 17.9 Å². The molecule has 5 heteroatoms. The van der Waals surface area contributed by atoms with Crippen LogP contribution in [0.4, 0.5) is 4.39 Å². The first-order chi connectivity index (χ1) is 6.63. The molecule has 14 heavy (non-hydrogen) atoms. The molecule has 0 bridgehead atoms. The van der Waals surface area contributed by atoms with Crippen LogP contribution in [0, 0.1) is 5.82 Å². The largest absolute Gasteiger partial charge is 0.469 e. The van der Waals surface area contributed by atoms with Gasteiger partial charge in [-0.2, -0.15) is 0 Å². The van der Waals surface area contributed by atoms with Gasteiger partial charge in [0.2, 0.25) is 0 Å². The van der Waals surface area contributed by atoms with Crippen LogP contribution in [0.25, 0.3) is 0 Å². The Hall–Kier alpha value is -1.49. The van der Waals surface area contributed by atoms with Gasteiger partial charge in [0.05, 0.1) is 25.4 Å². The van der Waals surface area contributed by atoms with E-state index in [0.29, 0.717) is 0 Å². The van der Waals surface area contributed by atoms with Crippen LogP contribution in [0.5, 0.6) is 0 Å². The summed E-state index contributed by atoms with van der Waals surface area (Å²) in [5, 5.41) is 9.43. The topological polar surface area (TPSA) is 59.4 Å². The number of ether oxygens (including phenoxy) is 1. The molecule has 1 N–H and O–H groups in total. The second-order valence-corrected chi connectivity index (χ2v) is 2.70. The predicted octanol–water partition coefficient (Wildman–Crippen LogP) is 0.817. The van der Waals surface area contributed by atoms with Gasteiger partial charge in [0.25, 0.3) is 0 Å². The molecule has 1 atom stereocenters. The molecule has 1 unspecified atom stereocenters. The molecular weight excluding hydrogens is 189 g/mol. The van der Waals surface area contributed by atoms with Crippen LogP contribution in [0.1, 0.15) is 18.2 Å². The molecule has 0 saturated heterocycles. The lowest BCUT2D eigenvalue weighted by atomic mass is 10.2. The van der Waals surface area contributed by atoms with E-state index in [1.165, 1.54) is 19.2 Å². The number of esters is 1. The summed E-state index contributed by atoms with van der Waals surface area (Å²) in [6.07, 6.45) is -0.256. The number of rotatable bonds is 3. The number of nitrogens with zero attached hydrogens (tertiary/aromatic N) is 1. The fourth-order valence-electron chi connectivity index (χ4n) is 0.930. The maximum Gasteiger partial charge on any atom is 0.308 e. The Bertz CT molecular complexity index is 312. The van der Waals surface area contributed by atoms with Crippen molar-refractivity contribution in [3.63, 3.8) is 0 Å². The Morgan fingerprint density at radius 1 is 1.71 bits per heavy atom. The van der Waals surface area contributed by atoms with Crippen LogP contribution in [0.15, 0.2) is 18.3 Å². The highest BCUT2D eigenvalue weighted by molar-refractivity contribution is 5.69. The smallest absolute Gasteiger partial charge is 0.308 e. The fourth-order valence-corrected chi connectivity index (χ4v) is 0.930. The Balaban J connectivity index is 2.65. The van der Waals surface area contributed by atoms with E-state index in [2.05, 4.69) is 9.72 Å². The van der Waals surface area contributed by atoms with E-state index in [1.807, 2.05) is 0 Å². The zero-order chi connectivity index (χ0) is 10.6. The van der Waals surface area contributed by atoms with Crippen molar-refractivity contribution in [2.45, 2.75) is 12.5 Å². The van der Waals surface area contributed by atoms with Gasteiger partial charge in [-0.15, -0.1) is 0 Å². The average Bonchev–Trinajstić information content (AvgIpc) is 2.18. The van der Waals surface area contributed by atoms with E-state index in [9.17, 15) is 14.3 Å². The lowest BCUT2D eigenvalue weighted by Gasteiger charge is -2.07. The van der Waals surface area contributed by atoms with Crippen LogP contribution in [-0.4, -0.2) is 23.2 Å². The number of aliphatic hydroxyl groups is 1. The fraction of sp³-hybridized carbons (Fsp3) is 0.333. The predicted molar refractivity (Wildman–Crippen MR) is 45.8 cm³/mol. The number of hydrogen-bond donors (Lipinski definition) is 1. The summed E-state index contributed by atoms with van der Waals surface area (Å²) in [6.45, 7) is 0. The number of aliphatic hydroxyl groups excluding tert-OH is 1. The third-order valence-electron chi connectivity index (χ3n) is 1.68. The maximum absolute atomic E-state index is 12.4. The molecule has 0 aliphatic heterocycles. The van der Waals surface area contributed by atoms with Crippen molar-refractivity contribution in [3.05, 3.63) is 29.8 Å². The van der Waals surface area contributed by atoms with E-state index in [-0.39, 0.29) is 12.1 Å². The molecule has 76 valence electrons. The van der Waals surface area contributed by atoms with Gasteiger partial charge in [0.15, 0.2) is 0 Å². The number of carbonyl (C=O) groups excluding carboxylic acids is 1. The van der Waals surface area contributed by atoms with Gasteiger partial charge < -0.3 is 9.84 Å². The molecular formula is C9H10FNO3. The van der Waals surface area contributed by atoms with Crippen LogP contribution >= 0.6 is 0 Å². The Labute approximate surface area is 80.3 Å². The molecule has 1 aromatic heterocycles. The standard InChI is InChI=1S/C9H10FNO3/c1-14-9(13)4-8(12)7-3-2-6(10)5-11-7/h2-3,5,8,12H,4H2,1H3. The molecule has 0 radical (unpaired) electrons. The van der Waals surface area contributed by atoms with E-state index in [1.54, 1.807) is 0 Å². The van der Waals surface area contributed by atoms with Gasteiger partial charge in [-0.05, 0) is 12.1 Å². The Morgan fingerprint density at radius 3 is 2.93 bits per heavy atom. The zero-order valence-electron chi connectivity index (χ0n) is 7.61. The van der Waals surface area contributed by atoms with E-state index in [0.717, 1.165) is 6.20 Å². The number of methoxy groups -OCH3 is 1. The van der Waals surface area contributed by atoms with Crippen LogP contribution in [0.3, 0.4) is 0 Å². The first-order valence-electron chi connectivity index (χ1n) is 4.00. The van der Waals surface area contributed by atoms with Gasteiger partial charge in [0.1, 0.15) is 11.9 Å². The number of halogens is 1. The van der Waals surface area contributed by atoms with Crippen molar-refractivity contribution in [2.75, 3.05) is 7.11 Å². The SMILES string of the molecule is COC(=O)CC(O)c1ccc(F)cn1.